The van der Waals surface area contributed by atoms with Crippen molar-refractivity contribution >= 4 is 11.9 Å². The molecule has 0 bridgehead atoms. The Hall–Kier alpha value is -1.32. The molecule has 0 N–H and O–H groups in total. The molecule has 1 radical (unpaired) electrons. The largest absolute Gasteiger partial charge is 2.00 e. The predicted molar refractivity (Wildman–Crippen MR) is 36.2 cm³/mol. The molecule has 71 valence electrons. The molecular formula is C8H5CuO4+. The van der Waals surface area contributed by atoms with Crippen LogP contribution >= 0.6 is 0 Å². The minimum absolute atomic E-state index is 0. The molecule has 0 fully saturated rings. The fourth-order valence-corrected chi connectivity index (χ4v) is 0.839. The molecule has 0 aliphatic heterocycles. The molecule has 0 aliphatic rings. The van der Waals surface area contributed by atoms with E-state index in [1.807, 2.05) is 0 Å². The van der Waals surface area contributed by atoms with Crippen molar-refractivity contribution in [3.8, 4) is 0 Å². The van der Waals surface area contributed by atoms with Gasteiger partial charge in [0.25, 0.3) is 0 Å². The third-order valence-electron chi connectivity index (χ3n) is 1.37. The fraction of sp³-hybridized carbons (Fsp3) is 0. The van der Waals surface area contributed by atoms with Gasteiger partial charge in [-0.15, -0.1) is 0 Å². The molecule has 0 aromatic heterocycles. The summed E-state index contributed by atoms with van der Waals surface area (Å²) in [7, 11) is 0. The number of carbonyl (C=O) groups is 2. The normalized spacial score (nSPS) is 8.62. The number of aromatic carboxylic acids is 2. The molecule has 13 heavy (non-hydrogen) atoms. The fourth-order valence-electron chi connectivity index (χ4n) is 0.839. The van der Waals surface area contributed by atoms with E-state index in [-0.39, 0.29) is 29.6 Å². The van der Waals surface area contributed by atoms with E-state index < -0.39 is 11.9 Å². The van der Waals surface area contributed by atoms with Crippen LogP contribution in [-0.4, -0.2) is 11.9 Å². The molecule has 0 atom stereocenters. The van der Waals surface area contributed by atoms with Crippen LogP contribution in [-0.2, 0) is 17.1 Å². The van der Waals surface area contributed by atoms with Crippen molar-refractivity contribution in [2.24, 2.45) is 0 Å². The van der Waals surface area contributed by atoms with Gasteiger partial charge in [-0.1, -0.05) is 24.3 Å². The molecular weight excluding hydrogens is 224 g/mol. The van der Waals surface area contributed by atoms with Crippen LogP contribution in [0.1, 0.15) is 22.1 Å². The van der Waals surface area contributed by atoms with Crippen LogP contribution in [0.25, 0.3) is 0 Å². The Bertz CT molecular complexity index is 307. The van der Waals surface area contributed by atoms with Crippen molar-refractivity contribution in [1.29, 1.82) is 0 Å². The Morgan fingerprint density at radius 1 is 1.00 bits per heavy atom. The third-order valence-corrected chi connectivity index (χ3v) is 1.37. The van der Waals surface area contributed by atoms with Crippen LogP contribution in [0.5, 0.6) is 0 Å². The van der Waals surface area contributed by atoms with E-state index in [1.54, 1.807) is 0 Å². The molecule has 1 aromatic carbocycles. The molecule has 0 unspecified atom stereocenters. The van der Waals surface area contributed by atoms with Crippen molar-refractivity contribution in [3.63, 3.8) is 0 Å². The van der Waals surface area contributed by atoms with E-state index in [9.17, 15) is 19.8 Å². The molecule has 1 aromatic rings. The first-order valence-electron chi connectivity index (χ1n) is 3.14. The van der Waals surface area contributed by atoms with Gasteiger partial charge in [-0.2, -0.15) is 0 Å². The number of hydrogen-bond acceptors (Lipinski definition) is 4. The van der Waals surface area contributed by atoms with Crippen LogP contribution in [0.3, 0.4) is 0 Å². The predicted octanol–water partition coefficient (Wildman–Crippen LogP) is -1.48. The molecule has 4 nitrogen and oxygen atoms in total. The van der Waals surface area contributed by atoms with Gasteiger partial charge in [-0.05, 0) is 0 Å². The van der Waals surface area contributed by atoms with Gasteiger partial charge in [-0.25, -0.2) is 0 Å². The van der Waals surface area contributed by atoms with E-state index in [2.05, 4.69) is 0 Å². The maximum atomic E-state index is 10.3. The summed E-state index contributed by atoms with van der Waals surface area (Å²) in [5.41, 5.74) is -0.727. The zero-order valence-electron chi connectivity index (χ0n) is 7.24. The number of carboxylic acids is 2. The summed E-state index contributed by atoms with van der Waals surface area (Å²) in [5.74, 6) is -3.04. The van der Waals surface area contributed by atoms with Gasteiger partial charge < -0.3 is 19.8 Å². The zero-order chi connectivity index (χ0) is 9.14. The van der Waals surface area contributed by atoms with Crippen molar-refractivity contribution in [1.82, 2.24) is 0 Å². The molecule has 0 amide bonds. The van der Waals surface area contributed by atoms with Gasteiger partial charge in [-0.3, -0.25) is 0 Å². The van der Waals surface area contributed by atoms with Crippen LogP contribution in [0.15, 0.2) is 24.3 Å². The van der Waals surface area contributed by atoms with E-state index in [4.69, 9.17) is 0 Å². The van der Waals surface area contributed by atoms with Crippen LogP contribution in [0.4, 0.5) is 0 Å². The Morgan fingerprint density at radius 3 is 1.54 bits per heavy atom. The molecule has 0 spiro atoms. The SMILES string of the molecule is O=C([O-])c1ccccc1C(=O)[O-].[Cu+2].[H+]. The van der Waals surface area contributed by atoms with Crippen molar-refractivity contribution < 1.29 is 38.3 Å². The molecule has 5 heteroatoms. The second-order valence-electron chi connectivity index (χ2n) is 2.12. The van der Waals surface area contributed by atoms with E-state index in [0.717, 1.165) is 12.1 Å². The van der Waals surface area contributed by atoms with Gasteiger partial charge in [0.2, 0.25) is 0 Å². The zero-order valence-corrected chi connectivity index (χ0v) is 7.19. The van der Waals surface area contributed by atoms with Gasteiger partial charge in [0.15, 0.2) is 0 Å². The molecule has 0 heterocycles. The minimum atomic E-state index is -1.52. The second-order valence-corrected chi connectivity index (χ2v) is 2.12. The third kappa shape index (κ3) is 2.57. The first-order valence-corrected chi connectivity index (χ1v) is 3.14. The summed E-state index contributed by atoms with van der Waals surface area (Å²) < 4.78 is 0. The number of benzene rings is 1. The monoisotopic (exact) mass is 228 g/mol. The van der Waals surface area contributed by atoms with Crippen molar-refractivity contribution in [3.05, 3.63) is 35.4 Å². The van der Waals surface area contributed by atoms with E-state index >= 15 is 0 Å². The first kappa shape index (κ1) is 11.7. The van der Waals surface area contributed by atoms with Crippen molar-refractivity contribution in [2.45, 2.75) is 0 Å². The summed E-state index contributed by atoms with van der Waals surface area (Å²) in [6, 6.07) is 5.14. The topological polar surface area (TPSA) is 80.3 Å². The molecule has 0 aliphatic carbocycles. The van der Waals surface area contributed by atoms with Gasteiger partial charge in [0.05, 0.1) is 11.9 Å². The summed E-state index contributed by atoms with van der Waals surface area (Å²) in [4.78, 5) is 20.6. The Balaban J connectivity index is 0. The van der Waals surface area contributed by atoms with Crippen LogP contribution in [0.2, 0.25) is 0 Å². The van der Waals surface area contributed by atoms with E-state index in [0.29, 0.717) is 0 Å². The summed E-state index contributed by atoms with van der Waals surface area (Å²) in [5, 5.41) is 20.6. The Labute approximate surface area is 86.2 Å². The summed E-state index contributed by atoms with van der Waals surface area (Å²) in [6.07, 6.45) is 0. The van der Waals surface area contributed by atoms with E-state index in [1.165, 1.54) is 12.1 Å². The van der Waals surface area contributed by atoms with Crippen LogP contribution < -0.4 is 10.2 Å². The quantitative estimate of drug-likeness (QED) is 0.579. The standard InChI is InChI=1S/C8H6O4.Cu/c9-7(10)5-3-1-2-4-6(5)8(11)12;/h1-4H,(H,9,10)(H,11,12);/q;+2/p-1. The smallest absolute Gasteiger partial charge is 0.545 e. The number of carbonyl (C=O) groups excluding carboxylic acids is 2. The number of rotatable bonds is 2. The van der Waals surface area contributed by atoms with Crippen molar-refractivity contribution in [2.75, 3.05) is 0 Å². The molecule has 1 rings (SSSR count). The molecule has 0 saturated carbocycles. The second kappa shape index (κ2) is 4.64. The van der Waals surface area contributed by atoms with Gasteiger partial charge >= 0.3 is 18.5 Å². The number of carboxylic acid groups (broad SMARTS) is 2. The average molecular weight is 229 g/mol. The average Bonchev–Trinajstić information content (AvgIpc) is 2.04. The van der Waals surface area contributed by atoms with Gasteiger partial charge in [0, 0.05) is 11.1 Å². The van der Waals surface area contributed by atoms with Gasteiger partial charge in [0.1, 0.15) is 0 Å². The Kier molecular flexibility index (Phi) is 4.17. The molecule has 0 saturated heterocycles. The van der Waals surface area contributed by atoms with Crippen LogP contribution in [0, 0.1) is 0 Å². The number of hydrogen-bond donors (Lipinski definition) is 0. The summed E-state index contributed by atoms with van der Waals surface area (Å²) in [6.45, 7) is 0. The minimum Gasteiger partial charge on any atom is -0.545 e. The Morgan fingerprint density at radius 2 is 1.31 bits per heavy atom. The first-order chi connectivity index (χ1) is 5.63. The maximum absolute atomic E-state index is 10.3. The maximum Gasteiger partial charge on any atom is 2.00 e. The summed E-state index contributed by atoms with van der Waals surface area (Å²) >= 11 is 0.